The van der Waals surface area contributed by atoms with E-state index in [0.717, 1.165) is 6.08 Å². The Labute approximate surface area is 167 Å². The highest BCUT2D eigenvalue weighted by Crippen LogP contribution is 2.23. The quantitative estimate of drug-likeness (QED) is 0.191. The standard InChI is InChI=1S/C23H17NO5/c25-21(15-14-17-8-7-13-20(16-17)24(27)28)29-23(19-11-5-2-6-12-19)22(26)18-9-3-1-4-10-18/h1-16,23H/b15-14+/t23-/m0/s1. The second-order valence-electron chi connectivity index (χ2n) is 6.14. The Morgan fingerprint density at radius 1 is 0.897 bits per heavy atom. The summed E-state index contributed by atoms with van der Waals surface area (Å²) in [6, 6.07) is 23.2. The van der Waals surface area contributed by atoms with Crippen LogP contribution in [0.15, 0.2) is 91.0 Å². The van der Waals surface area contributed by atoms with Crippen molar-refractivity contribution in [2.75, 3.05) is 0 Å². The molecule has 0 amide bonds. The van der Waals surface area contributed by atoms with Gasteiger partial charge in [-0.1, -0.05) is 72.8 Å². The molecule has 3 rings (SSSR count). The summed E-state index contributed by atoms with van der Waals surface area (Å²) in [6.07, 6.45) is 1.46. The van der Waals surface area contributed by atoms with Crippen molar-refractivity contribution in [2.45, 2.75) is 6.10 Å². The number of nitrogens with zero attached hydrogens (tertiary/aromatic N) is 1. The molecule has 0 saturated carbocycles. The van der Waals surface area contributed by atoms with E-state index >= 15 is 0 Å². The predicted octanol–water partition coefficient (Wildman–Crippen LogP) is 4.78. The summed E-state index contributed by atoms with van der Waals surface area (Å²) >= 11 is 0. The number of benzene rings is 3. The van der Waals surface area contributed by atoms with Crippen LogP contribution in [0.5, 0.6) is 0 Å². The molecule has 0 radical (unpaired) electrons. The first-order valence-electron chi connectivity index (χ1n) is 8.82. The average molecular weight is 387 g/mol. The Bertz CT molecular complexity index is 1050. The van der Waals surface area contributed by atoms with Gasteiger partial charge in [0, 0.05) is 29.3 Å². The smallest absolute Gasteiger partial charge is 0.331 e. The third kappa shape index (κ3) is 5.23. The van der Waals surface area contributed by atoms with Crippen molar-refractivity contribution in [1.29, 1.82) is 0 Å². The summed E-state index contributed by atoms with van der Waals surface area (Å²) in [4.78, 5) is 35.6. The zero-order chi connectivity index (χ0) is 20.6. The summed E-state index contributed by atoms with van der Waals surface area (Å²) in [7, 11) is 0. The number of ether oxygens (including phenoxy) is 1. The van der Waals surface area contributed by atoms with Crippen molar-refractivity contribution in [3.63, 3.8) is 0 Å². The zero-order valence-corrected chi connectivity index (χ0v) is 15.3. The fourth-order valence-corrected chi connectivity index (χ4v) is 2.72. The van der Waals surface area contributed by atoms with Crippen LogP contribution in [0.2, 0.25) is 0 Å². The van der Waals surface area contributed by atoms with E-state index in [-0.39, 0.29) is 11.5 Å². The van der Waals surface area contributed by atoms with E-state index in [1.807, 2.05) is 0 Å². The van der Waals surface area contributed by atoms with E-state index in [1.165, 1.54) is 24.3 Å². The molecule has 0 bridgehead atoms. The van der Waals surface area contributed by atoms with Crippen molar-refractivity contribution in [1.82, 2.24) is 0 Å². The Morgan fingerprint density at radius 3 is 2.21 bits per heavy atom. The first-order chi connectivity index (χ1) is 14.0. The molecule has 0 spiro atoms. The molecule has 3 aromatic carbocycles. The molecule has 0 fully saturated rings. The largest absolute Gasteiger partial charge is 0.446 e. The lowest BCUT2D eigenvalue weighted by Gasteiger charge is -2.16. The minimum atomic E-state index is -1.10. The molecule has 1 atom stereocenters. The maximum atomic E-state index is 12.9. The van der Waals surface area contributed by atoms with Crippen LogP contribution in [0, 0.1) is 10.1 Å². The number of carbonyl (C=O) groups excluding carboxylic acids is 2. The van der Waals surface area contributed by atoms with Crippen LogP contribution in [0.4, 0.5) is 5.69 Å². The molecule has 0 N–H and O–H groups in total. The lowest BCUT2D eigenvalue weighted by atomic mass is 10.00. The highest BCUT2D eigenvalue weighted by molar-refractivity contribution is 6.01. The molecule has 29 heavy (non-hydrogen) atoms. The van der Waals surface area contributed by atoms with Gasteiger partial charge in [0.25, 0.3) is 5.69 Å². The van der Waals surface area contributed by atoms with Gasteiger partial charge >= 0.3 is 5.97 Å². The molecule has 3 aromatic rings. The predicted molar refractivity (Wildman–Crippen MR) is 108 cm³/mol. The first kappa shape index (κ1) is 19.7. The Kier molecular flexibility index (Phi) is 6.27. The van der Waals surface area contributed by atoms with Gasteiger partial charge in [0.2, 0.25) is 5.78 Å². The average Bonchev–Trinajstić information content (AvgIpc) is 2.77. The molecule has 0 heterocycles. The van der Waals surface area contributed by atoms with Gasteiger partial charge in [-0.05, 0) is 11.6 Å². The van der Waals surface area contributed by atoms with Gasteiger partial charge in [-0.2, -0.15) is 0 Å². The van der Waals surface area contributed by atoms with Gasteiger partial charge in [-0.15, -0.1) is 0 Å². The van der Waals surface area contributed by atoms with Crippen molar-refractivity contribution in [3.05, 3.63) is 118 Å². The first-order valence-corrected chi connectivity index (χ1v) is 8.82. The number of ketones is 1. The molecular formula is C23H17NO5. The third-order valence-corrected chi connectivity index (χ3v) is 4.13. The van der Waals surface area contributed by atoms with E-state index in [1.54, 1.807) is 66.7 Å². The van der Waals surface area contributed by atoms with E-state index in [0.29, 0.717) is 16.7 Å². The fraction of sp³-hybridized carbons (Fsp3) is 0.0435. The lowest BCUT2D eigenvalue weighted by molar-refractivity contribution is -0.384. The molecule has 0 aliphatic heterocycles. The highest BCUT2D eigenvalue weighted by atomic mass is 16.6. The molecule has 0 aliphatic carbocycles. The normalized spacial score (nSPS) is 11.7. The number of esters is 1. The summed E-state index contributed by atoms with van der Waals surface area (Å²) in [5.41, 5.74) is 1.37. The molecule has 0 aliphatic rings. The van der Waals surface area contributed by atoms with Crippen LogP contribution in [-0.4, -0.2) is 16.7 Å². The molecule has 0 saturated heterocycles. The Balaban J connectivity index is 1.80. The molecule has 6 nitrogen and oxygen atoms in total. The number of Topliss-reactive ketones (excluding diaryl/α,β-unsaturated/α-hetero) is 1. The second kappa shape index (κ2) is 9.23. The number of nitro benzene ring substituents is 1. The van der Waals surface area contributed by atoms with Crippen LogP contribution in [-0.2, 0) is 9.53 Å². The van der Waals surface area contributed by atoms with E-state index in [9.17, 15) is 19.7 Å². The highest BCUT2D eigenvalue weighted by Gasteiger charge is 2.25. The number of hydrogen-bond acceptors (Lipinski definition) is 5. The minimum absolute atomic E-state index is 0.0815. The number of hydrogen-bond donors (Lipinski definition) is 0. The molecule has 144 valence electrons. The van der Waals surface area contributed by atoms with Crippen molar-refractivity contribution < 1.29 is 19.2 Å². The van der Waals surface area contributed by atoms with Crippen molar-refractivity contribution in [3.8, 4) is 0 Å². The van der Waals surface area contributed by atoms with Crippen molar-refractivity contribution >= 4 is 23.5 Å². The molecule has 0 unspecified atom stereocenters. The van der Waals surface area contributed by atoms with Crippen LogP contribution < -0.4 is 0 Å². The van der Waals surface area contributed by atoms with Crippen LogP contribution in [0.1, 0.15) is 27.6 Å². The SMILES string of the molecule is O=C(/C=C/c1cccc([N+](=O)[O-])c1)O[C@H](C(=O)c1ccccc1)c1ccccc1. The number of non-ortho nitro benzene ring substituents is 1. The summed E-state index contributed by atoms with van der Waals surface area (Å²) in [5, 5.41) is 10.9. The monoisotopic (exact) mass is 387 g/mol. The summed E-state index contributed by atoms with van der Waals surface area (Å²) in [5.74, 6) is -1.07. The van der Waals surface area contributed by atoms with Gasteiger partial charge < -0.3 is 4.74 Å². The maximum Gasteiger partial charge on any atom is 0.331 e. The van der Waals surface area contributed by atoms with Crippen molar-refractivity contribution in [2.24, 2.45) is 0 Å². The van der Waals surface area contributed by atoms with Gasteiger partial charge in [-0.3, -0.25) is 14.9 Å². The van der Waals surface area contributed by atoms with Gasteiger partial charge in [0.15, 0.2) is 6.10 Å². The topological polar surface area (TPSA) is 86.5 Å². The van der Waals surface area contributed by atoms with Crippen LogP contribution in [0.25, 0.3) is 6.08 Å². The fourth-order valence-electron chi connectivity index (χ4n) is 2.72. The molecule has 6 heteroatoms. The number of nitro groups is 1. The van der Waals surface area contributed by atoms with Gasteiger partial charge in [0.05, 0.1) is 4.92 Å². The van der Waals surface area contributed by atoms with Crippen LogP contribution in [0.3, 0.4) is 0 Å². The van der Waals surface area contributed by atoms with Gasteiger partial charge in [0.1, 0.15) is 0 Å². The van der Waals surface area contributed by atoms with E-state index in [4.69, 9.17) is 4.74 Å². The zero-order valence-electron chi connectivity index (χ0n) is 15.3. The second-order valence-corrected chi connectivity index (χ2v) is 6.14. The van der Waals surface area contributed by atoms with E-state index < -0.39 is 17.0 Å². The Hall–Kier alpha value is -4.06. The van der Waals surface area contributed by atoms with E-state index in [2.05, 4.69) is 0 Å². The Morgan fingerprint density at radius 2 is 1.55 bits per heavy atom. The van der Waals surface area contributed by atoms with Gasteiger partial charge in [-0.25, -0.2) is 4.79 Å². The molecule has 0 aromatic heterocycles. The number of rotatable bonds is 7. The van der Waals surface area contributed by atoms with Crippen LogP contribution >= 0.6 is 0 Å². The summed E-state index contributed by atoms with van der Waals surface area (Å²) in [6.45, 7) is 0. The lowest BCUT2D eigenvalue weighted by Crippen LogP contribution is -2.19. The minimum Gasteiger partial charge on any atom is -0.446 e. The molecular weight excluding hydrogens is 370 g/mol. The number of carbonyl (C=O) groups is 2. The maximum absolute atomic E-state index is 12.9. The summed E-state index contributed by atoms with van der Waals surface area (Å²) < 4.78 is 5.44. The third-order valence-electron chi connectivity index (χ3n) is 4.13.